The van der Waals surface area contributed by atoms with Crippen LogP contribution in [-0.2, 0) is 5.41 Å². The molecule has 2 aromatic heterocycles. The second kappa shape index (κ2) is 5.72. The van der Waals surface area contributed by atoms with Gasteiger partial charge in [-0.1, -0.05) is 32.1 Å². The SMILES string of the molecule is CC(C)(C)c1nc2cc(NC(=O)c3csc([N+](=O)[O-])c3)ccc2o1. The first-order valence-corrected chi connectivity index (χ1v) is 8.07. The Kier molecular flexibility index (Phi) is 3.84. The average Bonchev–Trinajstić information content (AvgIpc) is 3.13. The standard InChI is InChI=1S/C16H15N3O4S/c1-16(2,3)15-18-11-7-10(4-5-12(11)23-15)17-14(20)9-6-13(19(21)22)24-8-9/h4-8H,1-3H3,(H,17,20). The summed E-state index contributed by atoms with van der Waals surface area (Å²) in [7, 11) is 0. The summed E-state index contributed by atoms with van der Waals surface area (Å²) in [5, 5.41) is 14.8. The zero-order valence-corrected chi connectivity index (χ0v) is 14.1. The molecule has 124 valence electrons. The van der Waals surface area contributed by atoms with Crippen LogP contribution < -0.4 is 5.32 Å². The molecule has 0 radical (unpaired) electrons. The van der Waals surface area contributed by atoms with Gasteiger partial charge in [0.2, 0.25) is 5.89 Å². The van der Waals surface area contributed by atoms with E-state index in [1.165, 1.54) is 11.4 Å². The molecule has 0 fully saturated rings. The highest BCUT2D eigenvalue weighted by atomic mass is 32.1. The van der Waals surface area contributed by atoms with E-state index >= 15 is 0 Å². The fraction of sp³-hybridized carbons (Fsp3) is 0.250. The Balaban J connectivity index is 1.84. The van der Waals surface area contributed by atoms with E-state index in [0.717, 1.165) is 11.3 Å². The highest BCUT2D eigenvalue weighted by molar-refractivity contribution is 7.13. The number of benzene rings is 1. The number of nitro groups is 1. The van der Waals surface area contributed by atoms with Crippen molar-refractivity contribution in [1.29, 1.82) is 0 Å². The van der Waals surface area contributed by atoms with Gasteiger partial charge in [-0.2, -0.15) is 0 Å². The fourth-order valence-electron chi connectivity index (χ4n) is 2.07. The van der Waals surface area contributed by atoms with Crippen molar-refractivity contribution in [3.63, 3.8) is 0 Å². The maximum atomic E-state index is 12.2. The van der Waals surface area contributed by atoms with Crippen molar-refractivity contribution in [3.05, 3.63) is 51.2 Å². The van der Waals surface area contributed by atoms with Crippen LogP contribution in [0.25, 0.3) is 11.1 Å². The van der Waals surface area contributed by atoms with Crippen LogP contribution in [0.3, 0.4) is 0 Å². The molecule has 0 bridgehead atoms. The van der Waals surface area contributed by atoms with E-state index in [1.54, 1.807) is 18.2 Å². The summed E-state index contributed by atoms with van der Waals surface area (Å²) in [6.07, 6.45) is 0. The summed E-state index contributed by atoms with van der Waals surface area (Å²) in [6.45, 7) is 6.01. The maximum Gasteiger partial charge on any atom is 0.324 e. The van der Waals surface area contributed by atoms with Crippen molar-refractivity contribution in [3.8, 4) is 0 Å². The molecule has 24 heavy (non-hydrogen) atoms. The number of rotatable bonds is 3. The predicted molar refractivity (Wildman–Crippen MR) is 91.6 cm³/mol. The van der Waals surface area contributed by atoms with E-state index < -0.39 is 10.8 Å². The van der Waals surface area contributed by atoms with Crippen molar-refractivity contribution in [2.45, 2.75) is 26.2 Å². The van der Waals surface area contributed by atoms with E-state index in [9.17, 15) is 14.9 Å². The van der Waals surface area contributed by atoms with E-state index in [4.69, 9.17) is 4.42 Å². The van der Waals surface area contributed by atoms with Crippen molar-refractivity contribution in [2.75, 3.05) is 5.32 Å². The Hall–Kier alpha value is -2.74. The molecule has 7 nitrogen and oxygen atoms in total. The molecule has 0 saturated heterocycles. The molecule has 0 atom stereocenters. The van der Waals surface area contributed by atoms with Crippen LogP contribution in [0.5, 0.6) is 0 Å². The molecule has 0 aliphatic heterocycles. The predicted octanol–water partition coefficient (Wildman–Crippen LogP) is 4.35. The number of fused-ring (bicyclic) bond motifs is 1. The monoisotopic (exact) mass is 345 g/mol. The number of anilines is 1. The molecular formula is C16H15N3O4S. The van der Waals surface area contributed by atoms with Gasteiger partial charge in [0.05, 0.1) is 10.5 Å². The molecule has 0 saturated carbocycles. The lowest BCUT2D eigenvalue weighted by atomic mass is 9.97. The molecule has 3 aromatic rings. The summed E-state index contributed by atoms with van der Waals surface area (Å²) in [4.78, 5) is 26.8. The molecular weight excluding hydrogens is 330 g/mol. The molecule has 0 aliphatic rings. The van der Waals surface area contributed by atoms with Gasteiger partial charge in [-0.05, 0) is 18.2 Å². The van der Waals surface area contributed by atoms with Crippen LogP contribution in [0, 0.1) is 10.1 Å². The number of oxazole rings is 1. The number of thiophene rings is 1. The van der Waals surface area contributed by atoms with Crippen molar-refractivity contribution in [1.82, 2.24) is 4.98 Å². The lowest BCUT2D eigenvalue weighted by Crippen LogP contribution is -2.11. The molecule has 1 N–H and O–H groups in total. The van der Waals surface area contributed by atoms with Crippen LogP contribution in [-0.4, -0.2) is 15.8 Å². The van der Waals surface area contributed by atoms with Gasteiger partial charge in [-0.3, -0.25) is 14.9 Å². The van der Waals surface area contributed by atoms with E-state index in [-0.39, 0.29) is 16.0 Å². The Bertz CT molecular complexity index is 936. The maximum absolute atomic E-state index is 12.2. The Morgan fingerprint density at radius 2 is 2.08 bits per heavy atom. The van der Waals surface area contributed by atoms with Crippen molar-refractivity contribution < 1.29 is 14.1 Å². The highest BCUT2D eigenvalue weighted by Gasteiger charge is 2.21. The van der Waals surface area contributed by atoms with Crippen LogP contribution in [0.2, 0.25) is 0 Å². The van der Waals surface area contributed by atoms with Gasteiger partial charge in [0.15, 0.2) is 5.58 Å². The fourth-order valence-corrected chi connectivity index (χ4v) is 2.77. The normalized spacial score (nSPS) is 11.6. The average molecular weight is 345 g/mol. The van der Waals surface area contributed by atoms with Gasteiger partial charge in [0.1, 0.15) is 5.52 Å². The van der Waals surface area contributed by atoms with Gasteiger partial charge in [-0.25, -0.2) is 4.98 Å². The second-order valence-electron chi connectivity index (χ2n) is 6.34. The van der Waals surface area contributed by atoms with E-state index in [1.807, 2.05) is 20.8 Å². The Morgan fingerprint density at radius 3 is 2.71 bits per heavy atom. The van der Waals surface area contributed by atoms with Gasteiger partial charge >= 0.3 is 5.00 Å². The first kappa shape index (κ1) is 16.1. The summed E-state index contributed by atoms with van der Waals surface area (Å²) < 4.78 is 5.71. The third-order valence-electron chi connectivity index (χ3n) is 3.31. The van der Waals surface area contributed by atoms with Crippen LogP contribution in [0.1, 0.15) is 37.0 Å². The number of amides is 1. The lowest BCUT2D eigenvalue weighted by molar-refractivity contribution is -0.380. The first-order valence-electron chi connectivity index (χ1n) is 7.19. The quantitative estimate of drug-likeness (QED) is 0.562. The molecule has 1 amide bonds. The number of aromatic nitrogens is 1. The lowest BCUT2D eigenvalue weighted by Gasteiger charge is -2.11. The minimum Gasteiger partial charge on any atom is -0.440 e. The van der Waals surface area contributed by atoms with Gasteiger partial charge in [0, 0.05) is 22.5 Å². The summed E-state index contributed by atoms with van der Waals surface area (Å²) in [6, 6.07) is 6.42. The minimum atomic E-state index is -0.517. The summed E-state index contributed by atoms with van der Waals surface area (Å²) in [5.74, 6) is 0.215. The van der Waals surface area contributed by atoms with Crippen LogP contribution >= 0.6 is 11.3 Å². The molecule has 2 heterocycles. The molecule has 1 aromatic carbocycles. The Morgan fingerprint density at radius 1 is 1.33 bits per heavy atom. The number of nitrogens with one attached hydrogen (secondary N) is 1. The highest BCUT2D eigenvalue weighted by Crippen LogP contribution is 2.28. The van der Waals surface area contributed by atoms with E-state index in [2.05, 4.69) is 10.3 Å². The van der Waals surface area contributed by atoms with Gasteiger partial charge < -0.3 is 9.73 Å². The molecule has 0 aliphatic carbocycles. The van der Waals surface area contributed by atoms with Gasteiger partial charge in [0.25, 0.3) is 5.91 Å². The van der Waals surface area contributed by atoms with Crippen LogP contribution in [0.4, 0.5) is 10.7 Å². The summed E-state index contributed by atoms with van der Waals surface area (Å²) in [5.41, 5.74) is 1.88. The zero-order valence-electron chi connectivity index (χ0n) is 13.3. The Labute approximate surface area is 141 Å². The topological polar surface area (TPSA) is 98.3 Å². The third kappa shape index (κ3) is 3.13. The van der Waals surface area contributed by atoms with E-state index in [0.29, 0.717) is 22.7 Å². The molecule has 8 heteroatoms. The van der Waals surface area contributed by atoms with Crippen LogP contribution in [0.15, 0.2) is 34.1 Å². The smallest absolute Gasteiger partial charge is 0.324 e. The first-order chi connectivity index (χ1) is 11.2. The second-order valence-corrected chi connectivity index (χ2v) is 7.23. The number of carbonyl (C=O) groups is 1. The minimum absolute atomic E-state index is 0.0677. The largest absolute Gasteiger partial charge is 0.440 e. The number of carbonyl (C=O) groups excluding carboxylic acids is 1. The molecule has 0 unspecified atom stereocenters. The molecule has 0 spiro atoms. The third-order valence-corrected chi connectivity index (χ3v) is 4.19. The van der Waals surface area contributed by atoms with Crippen molar-refractivity contribution in [2.24, 2.45) is 0 Å². The van der Waals surface area contributed by atoms with Crippen molar-refractivity contribution >= 4 is 39.0 Å². The molecule has 3 rings (SSSR count). The number of hydrogen-bond acceptors (Lipinski definition) is 6. The zero-order chi connectivity index (χ0) is 17.5. The summed E-state index contributed by atoms with van der Waals surface area (Å²) >= 11 is 0.918. The number of hydrogen-bond donors (Lipinski definition) is 1. The number of nitrogens with zero attached hydrogens (tertiary/aromatic N) is 2. The van der Waals surface area contributed by atoms with Gasteiger partial charge in [-0.15, -0.1) is 0 Å².